The molecular formula is C27H27ClN6O2. The van der Waals surface area contributed by atoms with Gasteiger partial charge in [0.2, 0.25) is 0 Å². The fraction of sp³-hybridized carbons (Fsp3) is 0.222. The van der Waals surface area contributed by atoms with Crippen molar-refractivity contribution in [2.45, 2.75) is 26.4 Å². The van der Waals surface area contributed by atoms with Crippen molar-refractivity contribution in [3.05, 3.63) is 89.4 Å². The van der Waals surface area contributed by atoms with Gasteiger partial charge in [-0.15, -0.1) is 0 Å². The molecule has 9 heteroatoms. The van der Waals surface area contributed by atoms with Crippen LogP contribution in [0, 0.1) is 5.92 Å². The average molecular weight is 503 g/mol. The van der Waals surface area contributed by atoms with E-state index in [-0.39, 0.29) is 12.6 Å². The van der Waals surface area contributed by atoms with Crippen molar-refractivity contribution in [3.63, 3.8) is 0 Å². The first-order valence-corrected chi connectivity index (χ1v) is 12.2. The normalized spacial score (nSPS) is 17.0. The Balaban J connectivity index is 1.32. The molecule has 0 saturated carbocycles. The Morgan fingerprint density at radius 3 is 2.67 bits per heavy atom. The summed E-state index contributed by atoms with van der Waals surface area (Å²) >= 11 is 6.14. The van der Waals surface area contributed by atoms with Crippen LogP contribution in [0.5, 0.6) is 0 Å². The molecule has 0 saturated heterocycles. The number of rotatable bonds is 4. The van der Waals surface area contributed by atoms with Crippen molar-refractivity contribution in [2.75, 3.05) is 16.8 Å². The van der Waals surface area contributed by atoms with Crippen LogP contribution in [0.25, 0.3) is 11.3 Å². The highest BCUT2D eigenvalue weighted by atomic mass is 35.5. The number of carbonyl (C=O) groups is 2. The van der Waals surface area contributed by atoms with Gasteiger partial charge in [-0.05, 0) is 48.7 Å². The summed E-state index contributed by atoms with van der Waals surface area (Å²) in [6, 6.07) is 14.6. The number of hydrogen-bond acceptors (Lipinski definition) is 4. The number of allylic oxidation sites excluding steroid dienone is 2. The lowest BCUT2D eigenvalue weighted by Gasteiger charge is -2.28. The maximum Gasteiger partial charge on any atom is 0.322 e. The van der Waals surface area contributed by atoms with Gasteiger partial charge in [0.25, 0.3) is 5.91 Å². The van der Waals surface area contributed by atoms with E-state index in [9.17, 15) is 9.59 Å². The molecule has 3 N–H and O–H groups in total. The number of halogens is 1. The first-order chi connectivity index (χ1) is 17.4. The molecule has 3 heterocycles. The van der Waals surface area contributed by atoms with Crippen LogP contribution >= 0.6 is 11.6 Å². The van der Waals surface area contributed by atoms with Crippen LogP contribution in [0.3, 0.4) is 0 Å². The van der Waals surface area contributed by atoms with Gasteiger partial charge in [-0.3, -0.25) is 9.48 Å². The van der Waals surface area contributed by atoms with E-state index in [1.807, 2.05) is 30.3 Å². The minimum absolute atomic E-state index is 0.220. The van der Waals surface area contributed by atoms with Crippen molar-refractivity contribution < 1.29 is 9.59 Å². The molecule has 1 unspecified atom stereocenters. The highest BCUT2D eigenvalue weighted by molar-refractivity contribution is 6.30. The Kier molecular flexibility index (Phi) is 6.52. The quantitative estimate of drug-likeness (QED) is 0.511. The summed E-state index contributed by atoms with van der Waals surface area (Å²) in [5.41, 5.74) is 9.55. The summed E-state index contributed by atoms with van der Waals surface area (Å²) in [4.78, 5) is 29.2. The maximum atomic E-state index is 13.1. The van der Waals surface area contributed by atoms with E-state index in [0.29, 0.717) is 52.2 Å². The highest BCUT2D eigenvalue weighted by Gasteiger charge is 2.29. The van der Waals surface area contributed by atoms with Crippen molar-refractivity contribution in [3.8, 4) is 11.3 Å². The molecule has 3 amide bonds. The number of anilines is 2. The number of amides is 3. The molecule has 1 aromatic heterocycles. The lowest BCUT2D eigenvalue weighted by Crippen LogP contribution is -2.41. The second kappa shape index (κ2) is 9.91. The summed E-state index contributed by atoms with van der Waals surface area (Å²) in [5.74, 6) is -0.0857. The van der Waals surface area contributed by atoms with Gasteiger partial charge in [0, 0.05) is 40.9 Å². The Bertz CT molecular complexity index is 1360. The number of fused-ring (bicyclic) bond motifs is 1. The monoisotopic (exact) mass is 502 g/mol. The van der Waals surface area contributed by atoms with Crippen molar-refractivity contribution in [2.24, 2.45) is 11.7 Å². The summed E-state index contributed by atoms with van der Waals surface area (Å²) in [6.45, 7) is 3.31. The number of nitrogens with two attached hydrogens (primary N) is 1. The topological polar surface area (TPSA) is 96.5 Å². The molecular weight excluding hydrogens is 476 g/mol. The SMILES string of the molecule is CC1C=CN(c2ccc(NC(=O)N3CCn4nc(-c5cccc(Cl)c5)c(C(N)=O)c4C3)cc2)C=CC1. The third-order valence-corrected chi connectivity index (χ3v) is 6.61. The predicted octanol–water partition coefficient (Wildman–Crippen LogP) is 5.22. The average Bonchev–Trinajstić information content (AvgIpc) is 3.12. The van der Waals surface area contributed by atoms with E-state index in [1.165, 1.54) is 0 Å². The van der Waals surface area contributed by atoms with Gasteiger partial charge in [-0.1, -0.05) is 42.8 Å². The van der Waals surface area contributed by atoms with Crippen molar-refractivity contribution >= 4 is 34.9 Å². The molecule has 5 rings (SSSR count). The van der Waals surface area contributed by atoms with Gasteiger partial charge in [0.05, 0.1) is 24.3 Å². The molecule has 2 aliphatic rings. The number of primary amides is 1. The summed E-state index contributed by atoms with van der Waals surface area (Å²) < 4.78 is 1.75. The molecule has 0 radical (unpaired) electrons. The van der Waals surface area contributed by atoms with Gasteiger partial charge in [0.1, 0.15) is 5.69 Å². The fourth-order valence-electron chi connectivity index (χ4n) is 4.44. The third-order valence-electron chi connectivity index (χ3n) is 6.38. The Morgan fingerprint density at radius 2 is 1.92 bits per heavy atom. The van der Waals surface area contributed by atoms with E-state index in [0.717, 1.165) is 12.1 Å². The number of aromatic nitrogens is 2. The minimum Gasteiger partial charge on any atom is -0.365 e. The highest BCUT2D eigenvalue weighted by Crippen LogP contribution is 2.30. The lowest BCUT2D eigenvalue weighted by atomic mass is 10.0. The number of nitrogens with zero attached hydrogens (tertiary/aromatic N) is 4. The molecule has 184 valence electrons. The number of nitrogens with one attached hydrogen (secondary N) is 1. The summed E-state index contributed by atoms with van der Waals surface area (Å²) in [5, 5.41) is 8.11. The maximum absolute atomic E-state index is 13.1. The standard InChI is InChI=1S/C27H27ClN6O2/c1-18-4-3-12-32(13-11-18)22-9-7-21(8-10-22)30-27(36)33-14-15-34-23(17-33)24(26(29)35)25(31-34)19-5-2-6-20(28)16-19/h2-3,5-13,16,18H,4,14-15,17H2,1H3,(H2,29,35)(H,30,36). The van der Waals surface area contributed by atoms with Crippen LogP contribution < -0.4 is 16.0 Å². The van der Waals surface area contributed by atoms with Crippen LogP contribution in [0.1, 0.15) is 29.4 Å². The first kappa shape index (κ1) is 23.7. The second-order valence-corrected chi connectivity index (χ2v) is 9.45. The predicted molar refractivity (Wildman–Crippen MR) is 142 cm³/mol. The van der Waals surface area contributed by atoms with E-state index in [1.54, 1.807) is 27.8 Å². The molecule has 3 aromatic rings. The Labute approximate surface area is 214 Å². The Hall–Kier alpha value is -4.04. The second-order valence-electron chi connectivity index (χ2n) is 9.01. The number of urea groups is 1. The number of carbonyl (C=O) groups excluding carboxylic acids is 2. The molecule has 8 nitrogen and oxygen atoms in total. The van der Waals surface area contributed by atoms with Gasteiger partial charge < -0.3 is 20.9 Å². The summed E-state index contributed by atoms with van der Waals surface area (Å²) in [6.07, 6.45) is 9.45. The molecule has 0 bridgehead atoms. The molecule has 36 heavy (non-hydrogen) atoms. The van der Waals surface area contributed by atoms with Crippen LogP contribution in [-0.2, 0) is 13.1 Å². The van der Waals surface area contributed by atoms with E-state index >= 15 is 0 Å². The van der Waals surface area contributed by atoms with Crippen LogP contribution in [0.15, 0.2) is 73.1 Å². The van der Waals surface area contributed by atoms with Gasteiger partial charge in [-0.2, -0.15) is 5.10 Å². The lowest BCUT2D eigenvalue weighted by molar-refractivity contribution is 0.0997. The van der Waals surface area contributed by atoms with Gasteiger partial charge in [-0.25, -0.2) is 4.79 Å². The number of benzene rings is 2. The third kappa shape index (κ3) is 4.85. The van der Waals surface area contributed by atoms with Crippen molar-refractivity contribution in [1.29, 1.82) is 0 Å². The van der Waals surface area contributed by atoms with E-state index in [2.05, 4.69) is 46.8 Å². The zero-order chi connectivity index (χ0) is 25.2. The van der Waals surface area contributed by atoms with E-state index in [4.69, 9.17) is 17.3 Å². The van der Waals surface area contributed by atoms with Gasteiger partial charge >= 0.3 is 6.03 Å². The zero-order valence-electron chi connectivity index (χ0n) is 19.9. The molecule has 0 fully saturated rings. The smallest absolute Gasteiger partial charge is 0.322 e. The van der Waals surface area contributed by atoms with E-state index < -0.39 is 5.91 Å². The first-order valence-electron chi connectivity index (χ1n) is 11.8. The zero-order valence-corrected chi connectivity index (χ0v) is 20.7. The van der Waals surface area contributed by atoms with Crippen LogP contribution in [0.2, 0.25) is 5.02 Å². The van der Waals surface area contributed by atoms with Crippen molar-refractivity contribution in [1.82, 2.24) is 14.7 Å². The van der Waals surface area contributed by atoms with Crippen LogP contribution in [0.4, 0.5) is 16.2 Å². The minimum atomic E-state index is -0.588. The molecule has 0 spiro atoms. The largest absolute Gasteiger partial charge is 0.365 e. The fourth-order valence-corrected chi connectivity index (χ4v) is 4.63. The molecule has 0 aliphatic carbocycles. The molecule has 2 aromatic carbocycles. The Morgan fingerprint density at radius 1 is 1.11 bits per heavy atom. The molecule has 2 aliphatic heterocycles. The van der Waals surface area contributed by atoms with Gasteiger partial charge in [0.15, 0.2) is 0 Å². The summed E-state index contributed by atoms with van der Waals surface area (Å²) in [7, 11) is 0. The molecule has 1 atom stereocenters. The van der Waals surface area contributed by atoms with Crippen LogP contribution in [-0.4, -0.2) is 33.2 Å². The number of hydrogen-bond donors (Lipinski definition) is 2.